The van der Waals surface area contributed by atoms with E-state index >= 15 is 0 Å². The zero-order valence-corrected chi connectivity index (χ0v) is 13.7. The number of nitrogens with zero attached hydrogens (tertiary/aromatic N) is 1. The maximum atomic E-state index is 2.39. The number of fused-ring (bicyclic) bond motifs is 3. The van der Waals surface area contributed by atoms with Crippen molar-refractivity contribution in [3.63, 3.8) is 0 Å². The Bertz CT molecular complexity index is 963. The molecule has 1 nitrogen and oxygen atoms in total. The Morgan fingerprint density at radius 3 is 2.26 bits per heavy atom. The molecule has 0 N–H and O–H groups in total. The number of rotatable bonds is 3. The Hall–Kier alpha value is -2.54. The Morgan fingerprint density at radius 1 is 0.783 bits per heavy atom. The van der Waals surface area contributed by atoms with Crippen LogP contribution in [0.15, 0.2) is 72.8 Å². The van der Waals surface area contributed by atoms with Gasteiger partial charge in [0.15, 0.2) is 0 Å². The quantitative estimate of drug-likeness (QED) is 0.418. The highest BCUT2D eigenvalue weighted by molar-refractivity contribution is 6.11. The molecule has 0 spiro atoms. The lowest BCUT2D eigenvalue weighted by Crippen LogP contribution is -1.95. The van der Waals surface area contributed by atoms with Crippen molar-refractivity contribution >= 4 is 21.8 Å². The van der Waals surface area contributed by atoms with E-state index in [2.05, 4.69) is 91.2 Å². The third-order valence-corrected chi connectivity index (χ3v) is 4.89. The van der Waals surface area contributed by atoms with E-state index in [0.29, 0.717) is 5.92 Å². The van der Waals surface area contributed by atoms with E-state index in [1.807, 2.05) is 0 Å². The summed E-state index contributed by atoms with van der Waals surface area (Å²) in [6, 6.07) is 26.1. The predicted octanol–water partition coefficient (Wildman–Crippen LogP) is 6.30. The average molecular weight is 299 g/mol. The van der Waals surface area contributed by atoms with Crippen LogP contribution in [0.1, 0.15) is 31.7 Å². The normalized spacial score (nSPS) is 12.8. The van der Waals surface area contributed by atoms with Crippen LogP contribution in [-0.4, -0.2) is 4.57 Å². The fourth-order valence-electron chi connectivity index (χ4n) is 3.53. The summed E-state index contributed by atoms with van der Waals surface area (Å²) >= 11 is 0. The summed E-state index contributed by atoms with van der Waals surface area (Å²) in [4.78, 5) is 0. The van der Waals surface area contributed by atoms with Gasteiger partial charge in [0.2, 0.25) is 0 Å². The molecule has 1 heterocycles. The molecule has 0 fully saturated rings. The summed E-state index contributed by atoms with van der Waals surface area (Å²) in [5, 5.41) is 2.75. The van der Waals surface area contributed by atoms with Crippen LogP contribution < -0.4 is 0 Å². The third kappa shape index (κ3) is 2.16. The van der Waals surface area contributed by atoms with Crippen molar-refractivity contribution in [2.45, 2.75) is 26.2 Å². The number of hydrogen-bond acceptors (Lipinski definition) is 0. The highest BCUT2D eigenvalue weighted by Crippen LogP contribution is 2.37. The largest absolute Gasteiger partial charge is 0.309 e. The molecular weight excluding hydrogens is 278 g/mol. The highest BCUT2D eigenvalue weighted by Gasteiger charge is 2.16. The second-order valence-corrected chi connectivity index (χ2v) is 6.24. The Labute approximate surface area is 137 Å². The monoisotopic (exact) mass is 299 g/mol. The maximum absolute atomic E-state index is 2.39. The first-order valence-corrected chi connectivity index (χ1v) is 8.38. The molecule has 0 aliphatic carbocycles. The van der Waals surface area contributed by atoms with Gasteiger partial charge in [-0.1, -0.05) is 62.4 Å². The van der Waals surface area contributed by atoms with E-state index in [-0.39, 0.29) is 0 Å². The summed E-state index contributed by atoms with van der Waals surface area (Å²) in [6.45, 7) is 4.59. The molecule has 0 aliphatic rings. The number of aromatic nitrogens is 1. The minimum Gasteiger partial charge on any atom is -0.309 e. The molecule has 0 saturated heterocycles. The van der Waals surface area contributed by atoms with Crippen LogP contribution in [0, 0.1) is 0 Å². The second-order valence-electron chi connectivity index (χ2n) is 6.24. The lowest BCUT2D eigenvalue weighted by atomic mass is 9.94. The topological polar surface area (TPSA) is 4.93 Å². The minimum atomic E-state index is 0.564. The van der Waals surface area contributed by atoms with E-state index < -0.39 is 0 Å². The Morgan fingerprint density at radius 2 is 1.48 bits per heavy atom. The molecule has 0 amide bonds. The van der Waals surface area contributed by atoms with Crippen LogP contribution in [-0.2, 0) is 0 Å². The lowest BCUT2D eigenvalue weighted by molar-refractivity contribution is 0.740. The first kappa shape index (κ1) is 14.1. The molecule has 114 valence electrons. The minimum absolute atomic E-state index is 0.564. The number of para-hydroxylation sites is 2. The molecule has 23 heavy (non-hydrogen) atoms. The van der Waals surface area contributed by atoms with Crippen molar-refractivity contribution < 1.29 is 0 Å². The van der Waals surface area contributed by atoms with Crippen LogP contribution >= 0.6 is 0 Å². The molecule has 4 rings (SSSR count). The van der Waals surface area contributed by atoms with Gasteiger partial charge in [-0.25, -0.2) is 0 Å². The summed E-state index contributed by atoms with van der Waals surface area (Å²) in [5.74, 6) is 0.564. The van der Waals surface area contributed by atoms with Crippen molar-refractivity contribution in [1.29, 1.82) is 0 Å². The standard InChI is InChI=1S/C22H21N/c1-3-16(2)18-13-9-15-21-22(18)19-12-7-8-14-20(19)23(21)17-10-5-4-6-11-17/h4-16H,3H2,1-2H3. The SMILES string of the molecule is CCC(C)c1cccc2c1c1ccccc1n2-c1ccccc1. The van der Waals surface area contributed by atoms with Gasteiger partial charge >= 0.3 is 0 Å². The van der Waals surface area contributed by atoms with E-state index in [0.717, 1.165) is 6.42 Å². The zero-order valence-electron chi connectivity index (χ0n) is 13.7. The van der Waals surface area contributed by atoms with Crippen LogP contribution in [0.2, 0.25) is 0 Å². The summed E-state index contributed by atoms with van der Waals surface area (Å²) < 4.78 is 2.39. The van der Waals surface area contributed by atoms with Gasteiger partial charge in [0.1, 0.15) is 0 Å². The van der Waals surface area contributed by atoms with Crippen molar-refractivity contribution in [3.8, 4) is 5.69 Å². The van der Waals surface area contributed by atoms with Gasteiger partial charge in [-0.05, 0) is 42.2 Å². The van der Waals surface area contributed by atoms with Crippen LogP contribution in [0.5, 0.6) is 0 Å². The molecule has 0 aliphatic heterocycles. The molecule has 1 aromatic heterocycles. The molecule has 0 bridgehead atoms. The van der Waals surface area contributed by atoms with Gasteiger partial charge in [-0.3, -0.25) is 0 Å². The summed E-state index contributed by atoms with van der Waals surface area (Å²) in [7, 11) is 0. The van der Waals surface area contributed by atoms with Gasteiger partial charge in [0.25, 0.3) is 0 Å². The van der Waals surface area contributed by atoms with Gasteiger partial charge < -0.3 is 4.57 Å². The van der Waals surface area contributed by atoms with Crippen LogP contribution in [0.4, 0.5) is 0 Å². The fourth-order valence-corrected chi connectivity index (χ4v) is 3.53. The third-order valence-electron chi connectivity index (χ3n) is 4.89. The zero-order chi connectivity index (χ0) is 15.8. The molecule has 1 atom stereocenters. The van der Waals surface area contributed by atoms with Crippen molar-refractivity contribution in [1.82, 2.24) is 4.57 Å². The molecule has 4 aromatic rings. The van der Waals surface area contributed by atoms with E-state index in [9.17, 15) is 0 Å². The summed E-state index contributed by atoms with van der Waals surface area (Å²) in [5.41, 5.74) is 5.26. The smallest absolute Gasteiger partial charge is 0.0543 e. The van der Waals surface area contributed by atoms with Crippen molar-refractivity contribution in [3.05, 3.63) is 78.4 Å². The van der Waals surface area contributed by atoms with Crippen molar-refractivity contribution in [2.24, 2.45) is 0 Å². The molecular formula is C22H21N. The van der Waals surface area contributed by atoms with Gasteiger partial charge in [-0.2, -0.15) is 0 Å². The number of hydrogen-bond donors (Lipinski definition) is 0. The number of benzene rings is 3. The van der Waals surface area contributed by atoms with E-state index in [1.165, 1.54) is 33.1 Å². The Kier molecular flexibility index (Phi) is 3.42. The van der Waals surface area contributed by atoms with Crippen LogP contribution in [0.3, 0.4) is 0 Å². The summed E-state index contributed by atoms with van der Waals surface area (Å²) in [6.07, 6.45) is 1.16. The highest BCUT2D eigenvalue weighted by atomic mass is 15.0. The first-order chi connectivity index (χ1) is 11.3. The molecule has 1 heteroatoms. The molecule has 0 radical (unpaired) electrons. The fraction of sp³-hybridized carbons (Fsp3) is 0.182. The van der Waals surface area contributed by atoms with Gasteiger partial charge in [-0.15, -0.1) is 0 Å². The second kappa shape index (κ2) is 5.58. The molecule has 1 unspecified atom stereocenters. The lowest BCUT2D eigenvalue weighted by Gasteiger charge is -2.12. The molecule has 3 aromatic carbocycles. The van der Waals surface area contributed by atoms with E-state index in [4.69, 9.17) is 0 Å². The molecule has 0 saturated carbocycles. The van der Waals surface area contributed by atoms with Gasteiger partial charge in [0.05, 0.1) is 11.0 Å². The van der Waals surface area contributed by atoms with Crippen LogP contribution in [0.25, 0.3) is 27.5 Å². The van der Waals surface area contributed by atoms with Gasteiger partial charge in [0, 0.05) is 16.5 Å². The van der Waals surface area contributed by atoms with E-state index in [1.54, 1.807) is 0 Å². The van der Waals surface area contributed by atoms with Crippen molar-refractivity contribution in [2.75, 3.05) is 0 Å². The Balaban J connectivity index is 2.18. The maximum Gasteiger partial charge on any atom is 0.0543 e. The predicted molar refractivity (Wildman–Crippen MR) is 99.5 cm³/mol. The average Bonchev–Trinajstić information content (AvgIpc) is 2.96. The first-order valence-electron chi connectivity index (χ1n) is 8.38.